The van der Waals surface area contributed by atoms with E-state index in [2.05, 4.69) is 0 Å². The summed E-state index contributed by atoms with van der Waals surface area (Å²) >= 11 is 6.01. The third-order valence-electron chi connectivity index (χ3n) is 6.27. The number of aliphatic hydroxyl groups is 1. The molecule has 2 fully saturated rings. The van der Waals surface area contributed by atoms with Gasteiger partial charge in [0.15, 0.2) is 0 Å². The fraction of sp³-hybridized carbons (Fsp3) is 0.650. The first kappa shape index (κ1) is 18.7. The van der Waals surface area contributed by atoms with Gasteiger partial charge in [0.2, 0.25) is 5.91 Å². The number of likely N-dealkylation sites (tertiary alicyclic amines) is 1. The lowest BCUT2D eigenvalue weighted by molar-refractivity contribution is -0.150. The number of piperidine rings is 1. The van der Waals surface area contributed by atoms with Crippen LogP contribution in [0.15, 0.2) is 24.3 Å². The van der Waals surface area contributed by atoms with Crippen LogP contribution in [0.1, 0.15) is 44.6 Å². The summed E-state index contributed by atoms with van der Waals surface area (Å²) in [6.07, 6.45) is 4.10. The molecule has 138 valence electrons. The summed E-state index contributed by atoms with van der Waals surface area (Å²) in [5.74, 6) is 0.254. The Balaban J connectivity index is 1.74. The van der Waals surface area contributed by atoms with Crippen molar-refractivity contribution in [2.75, 3.05) is 26.8 Å². The smallest absolute Gasteiger partial charge is 0.233 e. The number of nitrogens with zero attached hydrogens (tertiary/aromatic N) is 1. The molecule has 1 saturated heterocycles. The van der Waals surface area contributed by atoms with Gasteiger partial charge in [0.1, 0.15) is 0 Å². The van der Waals surface area contributed by atoms with Crippen molar-refractivity contribution in [3.63, 3.8) is 0 Å². The average Bonchev–Trinajstić information content (AvgIpc) is 2.56. The van der Waals surface area contributed by atoms with Gasteiger partial charge in [-0.15, -0.1) is 0 Å². The van der Waals surface area contributed by atoms with Gasteiger partial charge in [0.25, 0.3) is 0 Å². The zero-order valence-corrected chi connectivity index (χ0v) is 15.9. The summed E-state index contributed by atoms with van der Waals surface area (Å²) in [6, 6.07) is 7.71. The van der Waals surface area contributed by atoms with Crippen molar-refractivity contribution in [1.82, 2.24) is 4.90 Å². The number of methoxy groups -OCH3 is 1. The molecule has 0 spiro atoms. The first-order valence-corrected chi connectivity index (χ1v) is 9.56. The largest absolute Gasteiger partial charge is 0.389 e. The van der Waals surface area contributed by atoms with Crippen LogP contribution >= 0.6 is 11.6 Å². The van der Waals surface area contributed by atoms with Crippen molar-refractivity contribution in [3.8, 4) is 0 Å². The van der Waals surface area contributed by atoms with Gasteiger partial charge in [-0.2, -0.15) is 0 Å². The van der Waals surface area contributed by atoms with Gasteiger partial charge in [-0.05, 0) is 43.4 Å². The predicted molar refractivity (Wildman–Crippen MR) is 98.8 cm³/mol. The molecule has 25 heavy (non-hydrogen) atoms. The maximum atomic E-state index is 13.3. The fourth-order valence-electron chi connectivity index (χ4n) is 4.23. The Hall–Kier alpha value is -1.10. The number of benzene rings is 1. The second-order valence-corrected chi connectivity index (χ2v) is 8.13. The van der Waals surface area contributed by atoms with Crippen molar-refractivity contribution in [3.05, 3.63) is 34.9 Å². The maximum absolute atomic E-state index is 13.3. The highest BCUT2D eigenvalue weighted by molar-refractivity contribution is 6.30. The molecule has 1 heterocycles. The van der Waals surface area contributed by atoms with E-state index in [0.29, 0.717) is 37.6 Å². The van der Waals surface area contributed by atoms with Crippen LogP contribution in [0, 0.1) is 5.92 Å². The minimum absolute atomic E-state index is 0.0442. The van der Waals surface area contributed by atoms with Crippen molar-refractivity contribution in [1.29, 1.82) is 0 Å². The molecule has 1 amide bonds. The molecule has 0 aromatic heterocycles. The van der Waals surface area contributed by atoms with Gasteiger partial charge < -0.3 is 14.7 Å². The summed E-state index contributed by atoms with van der Waals surface area (Å²) < 4.78 is 5.13. The van der Waals surface area contributed by atoms with E-state index in [1.165, 1.54) is 0 Å². The molecule has 1 aromatic carbocycles. The van der Waals surface area contributed by atoms with Crippen molar-refractivity contribution < 1.29 is 14.6 Å². The number of hydrogen-bond acceptors (Lipinski definition) is 3. The van der Waals surface area contributed by atoms with Gasteiger partial charge in [-0.1, -0.05) is 37.1 Å². The monoisotopic (exact) mass is 365 g/mol. The van der Waals surface area contributed by atoms with Crippen LogP contribution in [-0.4, -0.2) is 48.3 Å². The van der Waals surface area contributed by atoms with E-state index in [0.717, 1.165) is 24.8 Å². The lowest BCUT2D eigenvalue weighted by Gasteiger charge is -2.49. The zero-order valence-electron chi connectivity index (χ0n) is 15.1. The van der Waals surface area contributed by atoms with Crippen LogP contribution in [0.4, 0.5) is 0 Å². The molecule has 0 radical (unpaired) electrons. The molecule has 1 aliphatic heterocycles. The zero-order chi connectivity index (χ0) is 18.1. The van der Waals surface area contributed by atoms with Gasteiger partial charge in [-0.25, -0.2) is 0 Å². The van der Waals surface area contributed by atoms with Gasteiger partial charge >= 0.3 is 0 Å². The minimum Gasteiger partial charge on any atom is -0.389 e. The Labute approximate surface area is 155 Å². The highest BCUT2D eigenvalue weighted by atomic mass is 35.5. The predicted octanol–water partition coefficient (Wildman–Crippen LogP) is 3.40. The van der Waals surface area contributed by atoms with Crippen LogP contribution < -0.4 is 0 Å². The fourth-order valence-corrected chi connectivity index (χ4v) is 4.36. The molecule has 1 aliphatic carbocycles. The van der Waals surface area contributed by atoms with Gasteiger partial charge in [0, 0.05) is 37.7 Å². The van der Waals surface area contributed by atoms with Crippen LogP contribution in [0.25, 0.3) is 0 Å². The van der Waals surface area contributed by atoms with E-state index < -0.39 is 11.0 Å². The number of carbonyl (C=O) groups excluding carboxylic acids is 1. The number of ether oxygens (including phenoxy) is 1. The number of amides is 1. The number of halogens is 1. The minimum atomic E-state index is -0.736. The molecule has 2 atom stereocenters. The van der Waals surface area contributed by atoms with Crippen LogP contribution in [0.2, 0.25) is 5.02 Å². The summed E-state index contributed by atoms with van der Waals surface area (Å²) in [5, 5.41) is 11.6. The highest BCUT2D eigenvalue weighted by Crippen LogP contribution is 2.46. The Morgan fingerprint density at radius 3 is 2.52 bits per heavy atom. The molecular weight excluding hydrogens is 338 g/mol. The quantitative estimate of drug-likeness (QED) is 0.870. The lowest BCUT2D eigenvalue weighted by atomic mass is 9.63. The molecule has 2 unspecified atom stereocenters. The first-order chi connectivity index (χ1) is 11.9. The normalized spacial score (nSPS) is 28.5. The van der Waals surface area contributed by atoms with Gasteiger partial charge in [-0.3, -0.25) is 4.79 Å². The number of carbonyl (C=O) groups is 1. The second kappa shape index (κ2) is 7.26. The first-order valence-electron chi connectivity index (χ1n) is 9.18. The molecule has 0 bridgehead atoms. The summed E-state index contributed by atoms with van der Waals surface area (Å²) in [4.78, 5) is 15.3. The molecule has 5 heteroatoms. The van der Waals surface area contributed by atoms with E-state index in [4.69, 9.17) is 16.3 Å². The Morgan fingerprint density at radius 1 is 1.32 bits per heavy atom. The lowest BCUT2D eigenvalue weighted by Crippen LogP contribution is -2.58. The second-order valence-electron chi connectivity index (χ2n) is 7.69. The molecule has 1 N–H and O–H groups in total. The molecule has 1 saturated carbocycles. The SMILES string of the molecule is COCCC1(O)CCN(C(=O)C2(c3ccc(Cl)cc3)CCC2)CC1C. The summed E-state index contributed by atoms with van der Waals surface area (Å²) in [6.45, 7) is 3.79. The summed E-state index contributed by atoms with van der Waals surface area (Å²) in [5.41, 5.74) is -0.0624. The van der Waals surface area contributed by atoms with Crippen LogP contribution in [0.3, 0.4) is 0 Å². The van der Waals surface area contributed by atoms with Crippen LogP contribution in [-0.2, 0) is 14.9 Å². The van der Waals surface area contributed by atoms with E-state index in [9.17, 15) is 9.90 Å². The molecule has 1 aromatic rings. The Kier molecular flexibility index (Phi) is 5.42. The highest BCUT2D eigenvalue weighted by Gasteiger charge is 2.50. The average molecular weight is 366 g/mol. The molecule has 4 nitrogen and oxygen atoms in total. The number of hydrogen-bond donors (Lipinski definition) is 1. The summed E-state index contributed by atoms with van der Waals surface area (Å²) in [7, 11) is 1.65. The van der Waals surface area contributed by atoms with Gasteiger partial charge in [0.05, 0.1) is 11.0 Å². The molecular formula is C20H28ClNO3. The topological polar surface area (TPSA) is 49.8 Å². The Morgan fingerprint density at radius 2 is 2.00 bits per heavy atom. The van der Waals surface area contributed by atoms with Crippen molar-refractivity contribution >= 4 is 17.5 Å². The van der Waals surface area contributed by atoms with Crippen molar-refractivity contribution in [2.24, 2.45) is 5.92 Å². The van der Waals surface area contributed by atoms with E-state index in [1.54, 1.807) is 7.11 Å². The standard InChI is InChI=1S/C20H28ClNO3/c1-15-14-22(12-10-20(15,24)11-13-25-2)18(23)19(8-3-9-19)16-4-6-17(21)7-5-16/h4-7,15,24H,3,8-14H2,1-2H3. The van der Waals surface area contributed by atoms with Crippen LogP contribution in [0.5, 0.6) is 0 Å². The third-order valence-corrected chi connectivity index (χ3v) is 6.52. The van der Waals surface area contributed by atoms with E-state index in [-0.39, 0.29) is 11.8 Å². The Bertz CT molecular complexity index is 614. The molecule has 3 rings (SSSR count). The molecule has 2 aliphatic rings. The van der Waals surface area contributed by atoms with E-state index in [1.807, 2.05) is 36.1 Å². The van der Waals surface area contributed by atoms with Crippen molar-refractivity contribution in [2.45, 2.75) is 50.0 Å². The third kappa shape index (κ3) is 3.44. The maximum Gasteiger partial charge on any atom is 0.233 e. The number of rotatable bonds is 5. The van der Waals surface area contributed by atoms with E-state index >= 15 is 0 Å².